The minimum Gasteiger partial charge on any atom is -0.493 e. The molecule has 1 aromatic carbocycles. The Bertz CT molecular complexity index is 511. The predicted molar refractivity (Wildman–Crippen MR) is 62.3 cm³/mol. The van der Waals surface area contributed by atoms with E-state index >= 15 is 0 Å². The number of halogens is 1. The normalized spacial score (nSPS) is 9.29. The zero-order valence-corrected chi connectivity index (χ0v) is 9.35. The second-order valence-corrected chi connectivity index (χ2v) is 3.20. The first kappa shape index (κ1) is 12.9. The Kier molecular flexibility index (Phi) is 4.87. The summed E-state index contributed by atoms with van der Waals surface area (Å²) in [5, 5.41) is 8.79. The van der Waals surface area contributed by atoms with Gasteiger partial charge in [0.05, 0.1) is 6.07 Å². The van der Waals surface area contributed by atoms with E-state index in [1.54, 1.807) is 18.2 Å². The number of hydrogen-bond acceptors (Lipinski definition) is 3. The third kappa shape index (κ3) is 4.92. The number of H-pyrrole nitrogens is 1. The molecule has 2 aromatic rings. The molecule has 0 unspecified atom stereocenters. The third-order valence-electron chi connectivity index (χ3n) is 1.85. The van der Waals surface area contributed by atoms with Crippen LogP contribution in [0.4, 0.5) is 4.39 Å². The van der Waals surface area contributed by atoms with Gasteiger partial charge in [-0.25, -0.2) is 9.37 Å². The summed E-state index contributed by atoms with van der Waals surface area (Å²) in [5.74, 6) is 0.105. The fourth-order valence-corrected chi connectivity index (χ4v) is 1.08. The lowest BCUT2D eigenvalue weighted by Crippen LogP contribution is -2.08. The van der Waals surface area contributed by atoms with Crippen LogP contribution in [0.25, 0.3) is 0 Å². The Morgan fingerprint density at radius 2 is 2.00 bits per heavy atom. The van der Waals surface area contributed by atoms with E-state index in [0.29, 0.717) is 12.2 Å². The van der Waals surface area contributed by atoms with Crippen molar-refractivity contribution in [2.75, 3.05) is 0 Å². The quantitative estimate of drug-likeness (QED) is 0.794. The zero-order valence-electron chi connectivity index (χ0n) is 9.35. The zero-order chi connectivity index (χ0) is 12.7. The minimum absolute atomic E-state index is 0.178. The number of aromatic nitrogens is 2. The van der Waals surface area contributed by atoms with E-state index in [4.69, 9.17) is 5.11 Å². The van der Waals surface area contributed by atoms with Gasteiger partial charge in [-0.2, -0.15) is 0 Å². The van der Waals surface area contributed by atoms with Crippen molar-refractivity contribution in [3.8, 4) is 5.88 Å². The first-order valence-corrected chi connectivity index (χ1v) is 5.11. The molecule has 2 rings (SSSR count). The van der Waals surface area contributed by atoms with Crippen LogP contribution in [0.15, 0.2) is 41.2 Å². The Morgan fingerprint density at radius 3 is 2.41 bits per heavy atom. The lowest BCUT2D eigenvalue weighted by Gasteiger charge is -1.93. The highest BCUT2D eigenvalue weighted by molar-refractivity contribution is 5.06. The number of nitrogens with zero attached hydrogens (tertiary/aromatic N) is 1. The molecule has 0 atom stereocenters. The number of hydrogen-bond donors (Lipinski definition) is 2. The molecule has 1 heterocycles. The maximum Gasteiger partial charge on any atom is 0.254 e. The summed E-state index contributed by atoms with van der Waals surface area (Å²) in [7, 11) is 0. The molecule has 0 saturated carbocycles. The molecule has 0 saturated heterocycles. The van der Waals surface area contributed by atoms with Crippen molar-refractivity contribution in [2.45, 2.75) is 13.3 Å². The number of aryl methyl sites for hydroxylation is 1. The maximum absolute atomic E-state index is 11.9. The van der Waals surface area contributed by atoms with Gasteiger partial charge in [-0.05, 0) is 12.1 Å². The predicted octanol–water partition coefficient (Wildman–Crippen LogP) is 1.86. The van der Waals surface area contributed by atoms with Gasteiger partial charge in [0.1, 0.15) is 11.6 Å². The molecule has 17 heavy (non-hydrogen) atoms. The molecule has 0 fully saturated rings. The van der Waals surface area contributed by atoms with E-state index in [-0.39, 0.29) is 17.3 Å². The SMILES string of the molecule is CCc1nc(O)cc(=O)[nH]1.Fc1ccccc1. The Hall–Kier alpha value is -2.17. The lowest BCUT2D eigenvalue weighted by molar-refractivity contribution is 0.448. The molecule has 4 nitrogen and oxygen atoms in total. The minimum atomic E-state index is -0.315. The van der Waals surface area contributed by atoms with Crippen LogP contribution in [0, 0.1) is 5.82 Å². The topological polar surface area (TPSA) is 66.0 Å². The van der Waals surface area contributed by atoms with Crippen molar-refractivity contribution in [3.05, 3.63) is 58.4 Å². The first-order valence-electron chi connectivity index (χ1n) is 5.11. The van der Waals surface area contributed by atoms with E-state index < -0.39 is 0 Å². The van der Waals surface area contributed by atoms with E-state index in [9.17, 15) is 9.18 Å². The standard InChI is InChI=1S/C6H5F.C6H8N2O2/c7-6-4-2-1-3-5-6;1-2-4-7-5(9)3-6(10)8-4/h1-5H;3H,2H2,1H3,(H2,7,8,9,10). The van der Waals surface area contributed by atoms with Crippen LogP contribution in [0.1, 0.15) is 12.7 Å². The highest BCUT2D eigenvalue weighted by atomic mass is 19.1. The largest absolute Gasteiger partial charge is 0.493 e. The monoisotopic (exact) mass is 236 g/mol. The first-order chi connectivity index (χ1) is 8.11. The van der Waals surface area contributed by atoms with Crippen LogP contribution in [0.3, 0.4) is 0 Å². The van der Waals surface area contributed by atoms with Gasteiger partial charge in [-0.15, -0.1) is 0 Å². The maximum atomic E-state index is 11.9. The summed E-state index contributed by atoms with van der Waals surface area (Å²) in [6.07, 6.45) is 0.615. The molecule has 0 bridgehead atoms. The molecule has 0 aliphatic rings. The summed E-state index contributed by atoms with van der Waals surface area (Å²) in [4.78, 5) is 16.7. The van der Waals surface area contributed by atoms with Gasteiger partial charge < -0.3 is 10.1 Å². The number of aromatic hydroxyl groups is 1. The highest BCUT2D eigenvalue weighted by Gasteiger charge is 1.94. The van der Waals surface area contributed by atoms with E-state index in [0.717, 1.165) is 6.07 Å². The van der Waals surface area contributed by atoms with Crippen LogP contribution in [-0.4, -0.2) is 15.1 Å². The van der Waals surface area contributed by atoms with Crippen molar-refractivity contribution in [1.82, 2.24) is 9.97 Å². The molecule has 0 aliphatic heterocycles. The summed E-state index contributed by atoms with van der Waals surface area (Å²) in [6, 6.07) is 8.98. The highest BCUT2D eigenvalue weighted by Crippen LogP contribution is 1.97. The third-order valence-corrected chi connectivity index (χ3v) is 1.85. The number of benzene rings is 1. The van der Waals surface area contributed by atoms with Gasteiger partial charge in [-0.1, -0.05) is 25.1 Å². The molecule has 5 heteroatoms. The van der Waals surface area contributed by atoms with Gasteiger partial charge in [0, 0.05) is 6.42 Å². The second-order valence-electron chi connectivity index (χ2n) is 3.20. The molecular weight excluding hydrogens is 223 g/mol. The second kappa shape index (κ2) is 6.42. The Labute approximate surface area is 97.8 Å². The smallest absolute Gasteiger partial charge is 0.254 e. The van der Waals surface area contributed by atoms with Gasteiger partial charge in [0.2, 0.25) is 5.88 Å². The van der Waals surface area contributed by atoms with Gasteiger partial charge in [-0.3, -0.25) is 4.79 Å². The average molecular weight is 236 g/mol. The molecule has 0 amide bonds. The summed E-state index contributed by atoms with van der Waals surface area (Å²) >= 11 is 0. The Morgan fingerprint density at radius 1 is 1.35 bits per heavy atom. The molecule has 0 radical (unpaired) electrons. The summed E-state index contributed by atoms with van der Waals surface area (Å²) in [5.41, 5.74) is -0.315. The number of rotatable bonds is 1. The van der Waals surface area contributed by atoms with E-state index in [1.165, 1.54) is 12.1 Å². The van der Waals surface area contributed by atoms with Gasteiger partial charge >= 0.3 is 0 Å². The Balaban J connectivity index is 0.000000181. The molecule has 2 N–H and O–H groups in total. The van der Waals surface area contributed by atoms with E-state index in [2.05, 4.69) is 9.97 Å². The van der Waals surface area contributed by atoms with Crippen molar-refractivity contribution in [1.29, 1.82) is 0 Å². The van der Waals surface area contributed by atoms with Crippen LogP contribution in [0.5, 0.6) is 5.88 Å². The number of nitrogens with one attached hydrogen (secondary N) is 1. The van der Waals surface area contributed by atoms with Crippen molar-refractivity contribution >= 4 is 0 Å². The molecule has 0 spiro atoms. The van der Waals surface area contributed by atoms with Gasteiger partial charge in [0.15, 0.2) is 0 Å². The van der Waals surface area contributed by atoms with Crippen LogP contribution in [0.2, 0.25) is 0 Å². The fraction of sp³-hybridized carbons (Fsp3) is 0.167. The molecule has 0 aliphatic carbocycles. The number of aromatic amines is 1. The molecule has 90 valence electrons. The van der Waals surface area contributed by atoms with Crippen LogP contribution in [-0.2, 0) is 6.42 Å². The summed E-state index contributed by atoms with van der Waals surface area (Å²) < 4.78 is 11.9. The van der Waals surface area contributed by atoms with Crippen molar-refractivity contribution in [2.24, 2.45) is 0 Å². The van der Waals surface area contributed by atoms with Crippen LogP contribution < -0.4 is 5.56 Å². The fourth-order valence-electron chi connectivity index (χ4n) is 1.08. The average Bonchev–Trinajstić information content (AvgIpc) is 2.29. The van der Waals surface area contributed by atoms with Crippen molar-refractivity contribution in [3.63, 3.8) is 0 Å². The van der Waals surface area contributed by atoms with Crippen molar-refractivity contribution < 1.29 is 9.50 Å². The van der Waals surface area contributed by atoms with Gasteiger partial charge in [0.25, 0.3) is 5.56 Å². The lowest BCUT2D eigenvalue weighted by atomic mass is 10.4. The van der Waals surface area contributed by atoms with E-state index in [1.807, 2.05) is 6.92 Å². The molecular formula is C12H13FN2O2. The van der Waals surface area contributed by atoms with Crippen LogP contribution >= 0.6 is 0 Å². The summed E-state index contributed by atoms with van der Waals surface area (Å²) in [6.45, 7) is 1.84. The molecule has 1 aromatic heterocycles.